The molecule has 1 unspecified atom stereocenters. The standard InChI is InChI=1S/C16H28O2/c1-7-16(13(4)10-14(5)17)12(3)9-8-11(2)15(6)18/h8,10,12,15,17-18H,7,9H2,1-6H3/b11-8-,14-10+,16-13+/t12-,15?/m1/s1. The maximum absolute atomic E-state index is 9.43. The first-order valence-electron chi connectivity index (χ1n) is 6.71. The Balaban J connectivity index is 4.89. The second-order valence-corrected chi connectivity index (χ2v) is 5.11. The predicted molar refractivity (Wildman–Crippen MR) is 78.6 cm³/mol. The summed E-state index contributed by atoms with van der Waals surface area (Å²) in [6.07, 6.45) is 5.47. The molecule has 2 N–H and O–H groups in total. The minimum atomic E-state index is -0.369. The molecule has 0 saturated carbocycles. The molecule has 0 heterocycles. The Morgan fingerprint density at radius 2 is 1.72 bits per heavy atom. The average Bonchev–Trinajstić information content (AvgIpc) is 2.25. The number of aliphatic hydroxyl groups excluding tert-OH is 2. The van der Waals surface area contributed by atoms with E-state index in [1.54, 1.807) is 13.8 Å². The van der Waals surface area contributed by atoms with Crippen LogP contribution in [0.4, 0.5) is 0 Å². The van der Waals surface area contributed by atoms with Gasteiger partial charge in [0.2, 0.25) is 0 Å². The van der Waals surface area contributed by atoms with Crippen LogP contribution in [0.5, 0.6) is 0 Å². The largest absolute Gasteiger partial charge is 0.513 e. The van der Waals surface area contributed by atoms with E-state index in [0.717, 1.165) is 24.0 Å². The van der Waals surface area contributed by atoms with E-state index < -0.39 is 0 Å². The van der Waals surface area contributed by atoms with Crippen molar-refractivity contribution in [2.45, 2.75) is 60.5 Å². The summed E-state index contributed by atoms with van der Waals surface area (Å²) in [6.45, 7) is 11.8. The lowest BCUT2D eigenvalue weighted by molar-refractivity contribution is 0.231. The van der Waals surface area contributed by atoms with Crippen molar-refractivity contribution < 1.29 is 10.2 Å². The van der Waals surface area contributed by atoms with E-state index >= 15 is 0 Å². The molecule has 0 fully saturated rings. The van der Waals surface area contributed by atoms with Gasteiger partial charge in [-0.15, -0.1) is 0 Å². The van der Waals surface area contributed by atoms with Gasteiger partial charge in [-0.2, -0.15) is 0 Å². The van der Waals surface area contributed by atoms with Gasteiger partial charge in [0.15, 0.2) is 0 Å². The zero-order chi connectivity index (χ0) is 14.3. The van der Waals surface area contributed by atoms with Crippen LogP contribution in [-0.4, -0.2) is 16.3 Å². The van der Waals surface area contributed by atoms with Crippen molar-refractivity contribution in [3.8, 4) is 0 Å². The van der Waals surface area contributed by atoms with E-state index in [0.29, 0.717) is 11.7 Å². The minimum Gasteiger partial charge on any atom is -0.513 e. The Labute approximate surface area is 112 Å². The van der Waals surface area contributed by atoms with Crippen molar-refractivity contribution >= 4 is 0 Å². The van der Waals surface area contributed by atoms with E-state index in [2.05, 4.69) is 19.9 Å². The van der Waals surface area contributed by atoms with Crippen LogP contribution in [0.1, 0.15) is 54.4 Å². The van der Waals surface area contributed by atoms with Crippen LogP contribution >= 0.6 is 0 Å². The highest BCUT2D eigenvalue weighted by Crippen LogP contribution is 2.24. The van der Waals surface area contributed by atoms with Gasteiger partial charge in [-0.1, -0.05) is 25.5 Å². The molecule has 0 aliphatic heterocycles. The smallest absolute Gasteiger partial charge is 0.0894 e. The zero-order valence-corrected chi connectivity index (χ0v) is 12.6. The fourth-order valence-corrected chi connectivity index (χ4v) is 2.10. The maximum Gasteiger partial charge on any atom is 0.0894 e. The molecule has 104 valence electrons. The molecule has 0 rings (SSSR count). The molecular weight excluding hydrogens is 224 g/mol. The molecule has 0 aliphatic carbocycles. The van der Waals surface area contributed by atoms with E-state index in [1.807, 2.05) is 19.9 Å². The SMILES string of the molecule is CC/C(=C(C)\C=C(/C)O)[C@H](C)C/C=C(/C)C(C)O. The summed E-state index contributed by atoms with van der Waals surface area (Å²) >= 11 is 0. The van der Waals surface area contributed by atoms with Crippen LogP contribution in [0.3, 0.4) is 0 Å². The average molecular weight is 252 g/mol. The monoisotopic (exact) mass is 252 g/mol. The Morgan fingerprint density at radius 3 is 2.11 bits per heavy atom. The first kappa shape index (κ1) is 17.0. The first-order chi connectivity index (χ1) is 8.29. The normalized spacial score (nSPS) is 18.4. The molecule has 0 spiro atoms. The van der Waals surface area contributed by atoms with Gasteiger partial charge in [0, 0.05) is 0 Å². The summed E-state index contributed by atoms with van der Waals surface area (Å²) in [5.41, 5.74) is 3.52. The Morgan fingerprint density at radius 1 is 1.17 bits per heavy atom. The molecule has 0 bridgehead atoms. The summed E-state index contributed by atoms with van der Waals surface area (Å²) in [6, 6.07) is 0. The maximum atomic E-state index is 9.43. The quantitative estimate of drug-likeness (QED) is 0.414. The highest BCUT2D eigenvalue weighted by molar-refractivity contribution is 5.26. The van der Waals surface area contributed by atoms with Crippen molar-refractivity contribution in [1.29, 1.82) is 0 Å². The molecule has 0 radical (unpaired) electrons. The third-order valence-corrected chi connectivity index (χ3v) is 3.36. The zero-order valence-electron chi connectivity index (χ0n) is 12.6. The van der Waals surface area contributed by atoms with Gasteiger partial charge >= 0.3 is 0 Å². The molecule has 0 amide bonds. The third kappa shape index (κ3) is 6.06. The molecule has 0 aromatic heterocycles. The topological polar surface area (TPSA) is 40.5 Å². The number of aliphatic hydroxyl groups is 2. The molecule has 0 aromatic rings. The number of hydrogen-bond donors (Lipinski definition) is 2. The van der Waals surface area contributed by atoms with E-state index in [-0.39, 0.29) is 6.10 Å². The van der Waals surface area contributed by atoms with Crippen molar-refractivity contribution in [1.82, 2.24) is 0 Å². The van der Waals surface area contributed by atoms with Crippen LogP contribution in [0.15, 0.2) is 34.6 Å². The summed E-state index contributed by atoms with van der Waals surface area (Å²) in [7, 11) is 0. The van der Waals surface area contributed by atoms with Gasteiger partial charge in [0.25, 0.3) is 0 Å². The van der Waals surface area contributed by atoms with Crippen molar-refractivity contribution in [3.63, 3.8) is 0 Å². The Hall–Kier alpha value is -1.02. The predicted octanol–water partition coefficient (Wildman–Crippen LogP) is 4.53. The lowest BCUT2D eigenvalue weighted by Crippen LogP contribution is -2.04. The van der Waals surface area contributed by atoms with Gasteiger partial charge in [-0.3, -0.25) is 0 Å². The van der Waals surface area contributed by atoms with Crippen LogP contribution in [0, 0.1) is 5.92 Å². The second kappa shape index (κ2) is 8.15. The lowest BCUT2D eigenvalue weighted by Gasteiger charge is -2.16. The van der Waals surface area contributed by atoms with Crippen LogP contribution < -0.4 is 0 Å². The molecular formula is C16H28O2. The van der Waals surface area contributed by atoms with Gasteiger partial charge in [-0.05, 0) is 63.7 Å². The molecule has 0 aliphatic rings. The highest BCUT2D eigenvalue weighted by Gasteiger charge is 2.09. The molecule has 2 atom stereocenters. The van der Waals surface area contributed by atoms with Crippen molar-refractivity contribution in [2.24, 2.45) is 5.92 Å². The summed E-state index contributed by atoms with van der Waals surface area (Å²) in [5, 5.41) is 18.8. The van der Waals surface area contributed by atoms with Crippen molar-refractivity contribution in [2.75, 3.05) is 0 Å². The van der Waals surface area contributed by atoms with Gasteiger partial charge in [0.1, 0.15) is 0 Å². The van der Waals surface area contributed by atoms with E-state index in [1.165, 1.54) is 5.57 Å². The Bertz CT molecular complexity index is 342. The van der Waals surface area contributed by atoms with Crippen molar-refractivity contribution in [3.05, 3.63) is 34.6 Å². The van der Waals surface area contributed by atoms with Gasteiger partial charge in [-0.25, -0.2) is 0 Å². The number of hydrogen-bond acceptors (Lipinski definition) is 2. The Kier molecular flexibility index (Phi) is 7.69. The fourth-order valence-electron chi connectivity index (χ4n) is 2.10. The lowest BCUT2D eigenvalue weighted by atomic mass is 9.90. The summed E-state index contributed by atoms with van der Waals surface area (Å²) in [5.74, 6) is 0.778. The molecule has 2 heteroatoms. The van der Waals surface area contributed by atoms with E-state index in [9.17, 15) is 10.2 Å². The van der Waals surface area contributed by atoms with E-state index in [4.69, 9.17) is 0 Å². The third-order valence-electron chi connectivity index (χ3n) is 3.36. The minimum absolute atomic E-state index is 0.348. The molecule has 0 aromatic carbocycles. The first-order valence-corrected chi connectivity index (χ1v) is 6.71. The molecule has 2 nitrogen and oxygen atoms in total. The van der Waals surface area contributed by atoms with Gasteiger partial charge in [0.05, 0.1) is 11.9 Å². The fraction of sp³-hybridized carbons (Fsp3) is 0.625. The number of rotatable bonds is 6. The number of allylic oxidation sites excluding steroid dienone is 5. The van der Waals surface area contributed by atoms with Gasteiger partial charge < -0.3 is 10.2 Å². The molecule has 0 saturated heterocycles. The van der Waals surface area contributed by atoms with Crippen LogP contribution in [-0.2, 0) is 0 Å². The van der Waals surface area contributed by atoms with Crippen LogP contribution in [0.2, 0.25) is 0 Å². The summed E-state index contributed by atoms with van der Waals surface area (Å²) in [4.78, 5) is 0. The second-order valence-electron chi connectivity index (χ2n) is 5.11. The molecule has 18 heavy (non-hydrogen) atoms. The highest BCUT2D eigenvalue weighted by atomic mass is 16.3. The summed E-state index contributed by atoms with van der Waals surface area (Å²) < 4.78 is 0. The van der Waals surface area contributed by atoms with Crippen LogP contribution in [0.25, 0.3) is 0 Å².